The van der Waals surface area contributed by atoms with Gasteiger partial charge in [-0.2, -0.15) is 5.26 Å². The Labute approximate surface area is 201 Å². The third-order valence-corrected chi connectivity index (χ3v) is 6.45. The molecule has 1 aliphatic rings. The summed E-state index contributed by atoms with van der Waals surface area (Å²) in [5.41, 5.74) is 10.0. The van der Waals surface area contributed by atoms with E-state index in [1.165, 1.54) is 12.3 Å². The van der Waals surface area contributed by atoms with Crippen molar-refractivity contribution in [1.82, 2.24) is 9.55 Å². The fraction of sp³-hybridized carbons (Fsp3) is 0.143. The Morgan fingerprint density at radius 3 is 2.66 bits per heavy atom. The molecule has 1 unspecified atom stereocenters. The Kier molecular flexibility index (Phi) is 5.29. The van der Waals surface area contributed by atoms with Gasteiger partial charge in [0.15, 0.2) is 0 Å². The van der Waals surface area contributed by atoms with Gasteiger partial charge in [0, 0.05) is 47.4 Å². The number of pyridine rings is 2. The molecule has 4 aromatic rings. The van der Waals surface area contributed by atoms with Crippen LogP contribution in [-0.4, -0.2) is 15.4 Å². The lowest BCUT2D eigenvalue weighted by Crippen LogP contribution is -2.30. The maximum absolute atomic E-state index is 15.0. The third kappa shape index (κ3) is 3.42. The van der Waals surface area contributed by atoms with Crippen molar-refractivity contribution in [2.45, 2.75) is 25.9 Å². The highest BCUT2D eigenvalue weighted by Gasteiger charge is 2.44. The van der Waals surface area contributed by atoms with Crippen LogP contribution in [0.5, 0.6) is 0 Å². The van der Waals surface area contributed by atoms with E-state index in [2.05, 4.69) is 11.1 Å². The Morgan fingerprint density at radius 1 is 1.09 bits per heavy atom. The first kappa shape index (κ1) is 22.2. The number of fused-ring (bicyclic) bond motifs is 1. The zero-order valence-corrected chi connectivity index (χ0v) is 19.3. The SMILES string of the molecule is CCn1cc(C2(c3cccc(-c4cncc(C#N)c4)c3)N=C(N)c3c(F)cccc32)cc(C)c1=O. The molecule has 6 nitrogen and oxygen atoms in total. The molecule has 2 aromatic heterocycles. The second-order valence-electron chi connectivity index (χ2n) is 8.53. The van der Waals surface area contributed by atoms with Crippen LogP contribution in [0.25, 0.3) is 11.1 Å². The molecular formula is C28H22FN5O. The number of aliphatic imine (C=N–C) groups is 1. The quantitative estimate of drug-likeness (QED) is 0.489. The summed E-state index contributed by atoms with van der Waals surface area (Å²) in [6.45, 7) is 4.13. The number of amidine groups is 1. The summed E-state index contributed by atoms with van der Waals surface area (Å²) in [6.07, 6.45) is 4.97. The monoisotopic (exact) mass is 463 g/mol. The predicted octanol–water partition coefficient (Wildman–Crippen LogP) is 4.26. The number of rotatable bonds is 4. The minimum absolute atomic E-state index is 0.0889. The molecule has 1 atom stereocenters. The number of nitrogens with two attached hydrogens (primary N) is 1. The number of benzene rings is 2. The summed E-state index contributed by atoms with van der Waals surface area (Å²) in [4.78, 5) is 21.7. The number of aryl methyl sites for hydroxylation is 2. The zero-order valence-electron chi connectivity index (χ0n) is 19.3. The molecule has 0 spiro atoms. The normalized spacial score (nSPS) is 16.5. The fourth-order valence-corrected chi connectivity index (χ4v) is 4.79. The van der Waals surface area contributed by atoms with Gasteiger partial charge in [-0.3, -0.25) is 9.78 Å². The molecule has 172 valence electrons. The van der Waals surface area contributed by atoms with E-state index in [9.17, 15) is 14.4 Å². The van der Waals surface area contributed by atoms with Crippen LogP contribution in [0.15, 0.2) is 83.0 Å². The van der Waals surface area contributed by atoms with Gasteiger partial charge in [-0.15, -0.1) is 0 Å². The molecule has 1 aliphatic heterocycles. The molecule has 0 saturated carbocycles. The van der Waals surface area contributed by atoms with Crippen LogP contribution < -0.4 is 11.3 Å². The predicted molar refractivity (Wildman–Crippen MR) is 133 cm³/mol. The first-order valence-corrected chi connectivity index (χ1v) is 11.2. The van der Waals surface area contributed by atoms with Crippen LogP contribution in [0, 0.1) is 24.1 Å². The molecular weight excluding hydrogens is 441 g/mol. The van der Waals surface area contributed by atoms with Gasteiger partial charge in [0.25, 0.3) is 5.56 Å². The number of nitrogens with zero attached hydrogens (tertiary/aromatic N) is 4. The van der Waals surface area contributed by atoms with Gasteiger partial charge in [0.05, 0.1) is 11.1 Å². The highest BCUT2D eigenvalue weighted by molar-refractivity contribution is 6.03. The number of hydrogen-bond donors (Lipinski definition) is 1. The molecule has 0 fully saturated rings. The van der Waals surface area contributed by atoms with E-state index < -0.39 is 11.4 Å². The van der Waals surface area contributed by atoms with Gasteiger partial charge in [-0.25, -0.2) is 9.38 Å². The van der Waals surface area contributed by atoms with Crippen molar-refractivity contribution in [3.05, 3.63) is 123 Å². The first-order chi connectivity index (χ1) is 16.9. The summed E-state index contributed by atoms with van der Waals surface area (Å²) in [5, 5.41) is 9.30. The lowest BCUT2D eigenvalue weighted by Gasteiger charge is -2.30. The van der Waals surface area contributed by atoms with Crippen LogP contribution in [0.4, 0.5) is 4.39 Å². The average molecular weight is 464 g/mol. The van der Waals surface area contributed by atoms with E-state index >= 15 is 0 Å². The van der Waals surface area contributed by atoms with E-state index in [0.29, 0.717) is 28.8 Å². The van der Waals surface area contributed by atoms with Crippen molar-refractivity contribution in [3.63, 3.8) is 0 Å². The van der Waals surface area contributed by atoms with Crippen LogP contribution in [0.1, 0.15) is 40.3 Å². The Bertz CT molecular complexity index is 1610. The summed E-state index contributed by atoms with van der Waals surface area (Å²) in [6, 6.07) is 18.2. The summed E-state index contributed by atoms with van der Waals surface area (Å²) in [7, 11) is 0. The van der Waals surface area contributed by atoms with Crippen LogP contribution in [-0.2, 0) is 12.1 Å². The van der Waals surface area contributed by atoms with Crippen molar-refractivity contribution in [2.24, 2.45) is 10.7 Å². The fourth-order valence-electron chi connectivity index (χ4n) is 4.79. The molecule has 0 radical (unpaired) electrons. The second-order valence-corrected chi connectivity index (χ2v) is 8.53. The summed E-state index contributed by atoms with van der Waals surface area (Å²) >= 11 is 0. The number of hydrogen-bond acceptors (Lipinski definition) is 5. The summed E-state index contributed by atoms with van der Waals surface area (Å²) < 4.78 is 16.6. The summed E-state index contributed by atoms with van der Waals surface area (Å²) in [5.74, 6) is -0.350. The van der Waals surface area contributed by atoms with Crippen LogP contribution >= 0.6 is 0 Å². The zero-order chi connectivity index (χ0) is 24.7. The first-order valence-electron chi connectivity index (χ1n) is 11.2. The smallest absolute Gasteiger partial charge is 0.253 e. The average Bonchev–Trinajstić information content (AvgIpc) is 3.20. The van der Waals surface area contributed by atoms with E-state index in [-0.39, 0.29) is 17.0 Å². The molecule has 35 heavy (non-hydrogen) atoms. The second kappa shape index (κ2) is 8.33. The molecule has 0 saturated heterocycles. The van der Waals surface area contributed by atoms with Crippen molar-refractivity contribution in [3.8, 4) is 17.2 Å². The van der Waals surface area contributed by atoms with Gasteiger partial charge in [0.2, 0.25) is 0 Å². The molecule has 2 N–H and O–H groups in total. The minimum Gasteiger partial charge on any atom is -0.383 e. The molecule has 3 heterocycles. The molecule has 0 amide bonds. The highest BCUT2D eigenvalue weighted by Crippen LogP contribution is 2.47. The van der Waals surface area contributed by atoms with E-state index in [1.54, 1.807) is 42.1 Å². The van der Waals surface area contributed by atoms with Gasteiger partial charge in [0.1, 0.15) is 23.3 Å². The Morgan fingerprint density at radius 2 is 1.89 bits per heavy atom. The standard InChI is InChI=1S/C28H22FN5O/c1-3-34-16-22(10-17(2)27(34)35)28(23-8-5-9-24(29)25(23)26(31)33-28)21-7-4-6-19(12-21)20-11-18(13-30)14-32-15-20/h4-12,14-16H,3H2,1-2H3,(H2,31,33). The lowest BCUT2D eigenvalue weighted by molar-refractivity contribution is 0.610. The maximum atomic E-state index is 15.0. The minimum atomic E-state index is -1.16. The van der Waals surface area contributed by atoms with Crippen molar-refractivity contribution < 1.29 is 4.39 Å². The largest absolute Gasteiger partial charge is 0.383 e. The van der Waals surface area contributed by atoms with E-state index in [1.807, 2.05) is 37.3 Å². The highest BCUT2D eigenvalue weighted by atomic mass is 19.1. The maximum Gasteiger partial charge on any atom is 0.253 e. The van der Waals surface area contributed by atoms with Crippen molar-refractivity contribution >= 4 is 5.84 Å². The van der Waals surface area contributed by atoms with Gasteiger partial charge >= 0.3 is 0 Å². The number of aromatic nitrogens is 2. The third-order valence-electron chi connectivity index (χ3n) is 6.45. The molecule has 0 bridgehead atoms. The van der Waals surface area contributed by atoms with E-state index in [0.717, 1.165) is 16.7 Å². The van der Waals surface area contributed by atoms with Crippen LogP contribution in [0.2, 0.25) is 0 Å². The van der Waals surface area contributed by atoms with Gasteiger partial charge in [-0.1, -0.05) is 30.3 Å². The van der Waals surface area contributed by atoms with Crippen molar-refractivity contribution in [1.29, 1.82) is 5.26 Å². The van der Waals surface area contributed by atoms with E-state index in [4.69, 9.17) is 10.7 Å². The topological polar surface area (TPSA) is 97.1 Å². The molecule has 7 heteroatoms. The van der Waals surface area contributed by atoms with Gasteiger partial charge in [-0.05, 0) is 49.2 Å². The number of nitriles is 1. The Hall–Kier alpha value is -4.57. The van der Waals surface area contributed by atoms with Crippen molar-refractivity contribution in [2.75, 3.05) is 0 Å². The molecule has 2 aromatic carbocycles. The molecule has 0 aliphatic carbocycles. The number of halogens is 1. The molecule has 5 rings (SSSR count). The van der Waals surface area contributed by atoms with Gasteiger partial charge < -0.3 is 10.3 Å². The van der Waals surface area contributed by atoms with Crippen LogP contribution in [0.3, 0.4) is 0 Å². The Balaban J connectivity index is 1.84. The lowest BCUT2D eigenvalue weighted by atomic mass is 9.77.